The first-order valence-electron chi connectivity index (χ1n) is 7.78. The standard InChI is InChI=1S/C17H22ClNO3/c1-2-11-19-15(20)12-22-16(21)17(9-3-4-10-17)13-5-7-14(18)8-6-13/h5-8H,2-4,9-12H2,1H3,(H,19,20). The van der Waals surface area contributed by atoms with E-state index in [9.17, 15) is 9.59 Å². The summed E-state index contributed by atoms with van der Waals surface area (Å²) in [5.74, 6) is -0.557. The lowest BCUT2D eigenvalue weighted by molar-refractivity contribution is -0.154. The van der Waals surface area contributed by atoms with Gasteiger partial charge in [0.15, 0.2) is 6.61 Å². The second-order valence-corrected chi connectivity index (χ2v) is 6.16. The highest BCUT2D eigenvalue weighted by molar-refractivity contribution is 6.30. The first kappa shape index (κ1) is 16.8. The van der Waals surface area contributed by atoms with Crippen LogP contribution in [0.15, 0.2) is 24.3 Å². The van der Waals surface area contributed by atoms with Crippen molar-refractivity contribution in [1.29, 1.82) is 0 Å². The molecule has 2 rings (SSSR count). The third-order valence-corrected chi connectivity index (χ3v) is 4.40. The van der Waals surface area contributed by atoms with Crippen LogP contribution in [0.25, 0.3) is 0 Å². The lowest BCUT2D eigenvalue weighted by Gasteiger charge is -2.27. The average molecular weight is 324 g/mol. The Kier molecular flexibility index (Phi) is 5.83. The van der Waals surface area contributed by atoms with Crippen molar-refractivity contribution in [2.24, 2.45) is 0 Å². The number of hydrogen-bond donors (Lipinski definition) is 1. The summed E-state index contributed by atoms with van der Waals surface area (Å²) < 4.78 is 5.29. The van der Waals surface area contributed by atoms with Crippen molar-refractivity contribution in [3.8, 4) is 0 Å². The molecule has 0 spiro atoms. The number of nitrogens with one attached hydrogen (secondary N) is 1. The number of carbonyl (C=O) groups excluding carboxylic acids is 2. The highest BCUT2D eigenvalue weighted by atomic mass is 35.5. The van der Waals surface area contributed by atoms with E-state index in [1.807, 2.05) is 19.1 Å². The highest BCUT2D eigenvalue weighted by Gasteiger charge is 2.44. The zero-order chi connectivity index (χ0) is 16.0. The second-order valence-electron chi connectivity index (χ2n) is 5.72. The topological polar surface area (TPSA) is 55.4 Å². The molecule has 1 amide bonds. The number of ether oxygens (including phenoxy) is 1. The minimum atomic E-state index is -0.629. The van der Waals surface area contributed by atoms with Crippen LogP contribution < -0.4 is 5.32 Å². The molecule has 0 heterocycles. The number of amides is 1. The van der Waals surface area contributed by atoms with Gasteiger partial charge >= 0.3 is 5.97 Å². The Balaban J connectivity index is 2.06. The zero-order valence-corrected chi connectivity index (χ0v) is 13.6. The normalized spacial score (nSPS) is 16.3. The van der Waals surface area contributed by atoms with E-state index in [2.05, 4.69) is 5.32 Å². The maximum atomic E-state index is 12.6. The van der Waals surface area contributed by atoms with Gasteiger partial charge in [-0.15, -0.1) is 0 Å². The molecule has 0 atom stereocenters. The number of carbonyl (C=O) groups is 2. The smallest absolute Gasteiger partial charge is 0.317 e. The lowest BCUT2D eigenvalue weighted by Crippen LogP contribution is -2.37. The molecule has 0 unspecified atom stereocenters. The molecule has 1 aromatic carbocycles. The largest absolute Gasteiger partial charge is 0.455 e. The number of halogens is 1. The maximum absolute atomic E-state index is 12.6. The fourth-order valence-electron chi connectivity index (χ4n) is 2.94. The number of esters is 1. The van der Waals surface area contributed by atoms with Crippen LogP contribution >= 0.6 is 11.6 Å². The Morgan fingerprint density at radius 1 is 1.23 bits per heavy atom. The molecule has 1 aromatic rings. The van der Waals surface area contributed by atoms with Crippen molar-refractivity contribution in [2.75, 3.05) is 13.2 Å². The summed E-state index contributed by atoms with van der Waals surface area (Å²) in [5.41, 5.74) is 0.295. The van der Waals surface area contributed by atoms with Crippen molar-refractivity contribution >= 4 is 23.5 Å². The summed E-state index contributed by atoms with van der Waals surface area (Å²) in [4.78, 5) is 24.2. The Labute approximate surface area is 136 Å². The molecule has 1 aliphatic rings. The van der Waals surface area contributed by atoms with Gasteiger partial charge in [-0.25, -0.2) is 0 Å². The molecule has 0 aromatic heterocycles. The second kappa shape index (κ2) is 7.63. The number of hydrogen-bond acceptors (Lipinski definition) is 3. The molecule has 120 valence electrons. The van der Waals surface area contributed by atoms with E-state index in [0.717, 1.165) is 37.7 Å². The Morgan fingerprint density at radius 3 is 2.45 bits per heavy atom. The molecule has 22 heavy (non-hydrogen) atoms. The van der Waals surface area contributed by atoms with E-state index in [0.29, 0.717) is 11.6 Å². The Bertz CT molecular complexity index is 521. The summed E-state index contributed by atoms with van der Waals surface area (Å²) in [6.45, 7) is 2.35. The monoisotopic (exact) mass is 323 g/mol. The molecule has 1 fully saturated rings. The SMILES string of the molecule is CCCNC(=O)COC(=O)C1(c2ccc(Cl)cc2)CCCC1. The van der Waals surface area contributed by atoms with Crippen molar-refractivity contribution in [1.82, 2.24) is 5.32 Å². The van der Waals surface area contributed by atoms with Crippen molar-refractivity contribution in [3.05, 3.63) is 34.9 Å². The molecule has 0 aliphatic heterocycles. The Morgan fingerprint density at radius 2 is 1.86 bits per heavy atom. The minimum absolute atomic E-state index is 0.214. The maximum Gasteiger partial charge on any atom is 0.317 e. The number of rotatable bonds is 6. The van der Waals surface area contributed by atoms with Gasteiger partial charge in [0.25, 0.3) is 5.91 Å². The van der Waals surface area contributed by atoms with Crippen LogP contribution in [0.4, 0.5) is 0 Å². The fraction of sp³-hybridized carbons (Fsp3) is 0.529. The highest BCUT2D eigenvalue weighted by Crippen LogP contribution is 2.42. The third kappa shape index (κ3) is 3.80. The van der Waals surface area contributed by atoms with Gasteiger partial charge in [0.05, 0.1) is 5.41 Å². The molecule has 1 aliphatic carbocycles. The van der Waals surface area contributed by atoms with E-state index in [4.69, 9.17) is 16.3 Å². The molecular weight excluding hydrogens is 302 g/mol. The summed E-state index contributed by atoms with van der Waals surface area (Å²) in [5, 5.41) is 3.35. The molecule has 0 saturated heterocycles. The van der Waals surface area contributed by atoms with Gasteiger partial charge < -0.3 is 10.1 Å². The molecule has 0 radical (unpaired) electrons. The molecule has 1 saturated carbocycles. The van der Waals surface area contributed by atoms with Crippen molar-refractivity contribution in [3.63, 3.8) is 0 Å². The first-order chi connectivity index (χ1) is 10.6. The molecule has 0 bridgehead atoms. The molecule has 5 heteroatoms. The Hall–Kier alpha value is -1.55. The predicted octanol–water partition coefficient (Wildman–Crippen LogP) is 3.22. The summed E-state index contributed by atoms with van der Waals surface area (Å²) in [6.07, 6.45) is 4.34. The van der Waals surface area contributed by atoms with Gasteiger partial charge in [0.1, 0.15) is 0 Å². The third-order valence-electron chi connectivity index (χ3n) is 4.15. The minimum Gasteiger partial charge on any atom is -0.455 e. The van der Waals surface area contributed by atoms with E-state index in [1.165, 1.54) is 0 Å². The van der Waals surface area contributed by atoms with E-state index >= 15 is 0 Å². The van der Waals surface area contributed by atoms with Crippen LogP contribution in [-0.2, 0) is 19.7 Å². The first-order valence-corrected chi connectivity index (χ1v) is 8.16. The predicted molar refractivity (Wildman–Crippen MR) is 85.9 cm³/mol. The van der Waals surface area contributed by atoms with E-state index in [-0.39, 0.29) is 18.5 Å². The van der Waals surface area contributed by atoms with Crippen LogP contribution in [0.2, 0.25) is 5.02 Å². The van der Waals surface area contributed by atoms with Crippen molar-refractivity contribution in [2.45, 2.75) is 44.4 Å². The van der Waals surface area contributed by atoms with Crippen LogP contribution in [0.3, 0.4) is 0 Å². The zero-order valence-electron chi connectivity index (χ0n) is 12.9. The summed E-state index contributed by atoms with van der Waals surface area (Å²) in [7, 11) is 0. The molecule has 1 N–H and O–H groups in total. The summed E-state index contributed by atoms with van der Waals surface area (Å²) >= 11 is 5.93. The van der Waals surface area contributed by atoms with Gasteiger partial charge in [0, 0.05) is 11.6 Å². The molecule has 4 nitrogen and oxygen atoms in total. The number of benzene rings is 1. The van der Waals surface area contributed by atoms with Gasteiger partial charge in [-0.2, -0.15) is 0 Å². The van der Waals surface area contributed by atoms with Gasteiger partial charge in [-0.05, 0) is 37.0 Å². The quantitative estimate of drug-likeness (QED) is 0.818. The van der Waals surface area contributed by atoms with Gasteiger partial charge in [0.2, 0.25) is 0 Å². The average Bonchev–Trinajstić information content (AvgIpc) is 3.02. The van der Waals surface area contributed by atoms with Crippen LogP contribution in [0.1, 0.15) is 44.6 Å². The van der Waals surface area contributed by atoms with Gasteiger partial charge in [-0.1, -0.05) is 43.5 Å². The van der Waals surface area contributed by atoms with Crippen molar-refractivity contribution < 1.29 is 14.3 Å². The molecular formula is C17H22ClNO3. The van der Waals surface area contributed by atoms with E-state index in [1.54, 1.807) is 12.1 Å². The summed E-state index contributed by atoms with van der Waals surface area (Å²) in [6, 6.07) is 7.34. The lowest BCUT2D eigenvalue weighted by atomic mass is 9.79. The van der Waals surface area contributed by atoms with Crippen LogP contribution in [0.5, 0.6) is 0 Å². The van der Waals surface area contributed by atoms with Gasteiger partial charge in [-0.3, -0.25) is 9.59 Å². The van der Waals surface area contributed by atoms with Crippen LogP contribution in [-0.4, -0.2) is 25.0 Å². The fourth-order valence-corrected chi connectivity index (χ4v) is 3.07. The van der Waals surface area contributed by atoms with Crippen LogP contribution in [0, 0.1) is 0 Å². The van der Waals surface area contributed by atoms with E-state index < -0.39 is 5.41 Å².